The second kappa shape index (κ2) is 14.1. The van der Waals surface area contributed by atoms with E-state index >= 15 is 0 Å². The number of rotatable bonds is 10. The number of carbonyl (C=O) groups is 2. The predicted molar refractivity (Wildman–Crippen MR) is 203 cm³/mol. The summed E-state index contributed by atoms with van der Waals surface area (Å²) in [6, 6.07) is 27.6. The molecule has 0 radical (unpaired) electrons. The molecule has 284 valence electrons. The Hall–Kier alpha value is -5.19. The van der Waals surface area contributed by atoms with Crippen LogP contribution < -0.4 is 9.47 Å². The molecule has 1 spiro atoms. The Morgan fingerprint density at radius 2 is 1.73 bits per heavy atom. The van der Waals surface area contributed by atoms with Crippen LogP contribution in [0.5, 0.6) is 11.5 Å². The molecule has 7 nitrogen and oxygen atoms in total. The van der Waals surface area contributed by atoms with Gasteiger partial charge in [0.1, 0.15) is 6.10 Å². The van der Waals surface area contributed by atoms with E-state index in [1.54, 1.807) is 11.0 Å². The van der Waals surface area contributed by atoms with Gasteiger partial charge in [-0.15, -0.1) is 6.58 Å². The minimum absolute atomic E-state index is 0.227. The van der Waals surface area contributed by atoms with Gasteiger partial charge in [0.25, 0.3) is 0 Å². The lowest BCUT2D eigenvalue weighted by molar-refractivity contribution is -0.199. The first kappa shape index (κ1) is 36.8. The third-order valence-electron chi connectivity index (χ3n) is 12.2. The van der Waals surface area contributed by atoms with Gasteiger partial charge in [0, 0.05) is 43.6 Å². The number of benzene rings is 4. The maximum Gasteiger partial charge on any atom is 0.416 e. The van der Waals surface area contributed by atoms with Crippen LogP contribution in [-0.4, -0.2) is 70.2 Å². The number of esters is 1. The number of halogens is 3. The fraction of sp³-hybridized carbons (Fsp3) is 0.333. The molecule has 2 fully saturated rings. The molecular weight excluding hydrogens is 705 g/mol. The highest BCUT2D eigenvalue weighted by atomic mass is 19.4. The first-order chi connectivity index (χ1) is 26.4. The zero-order chi connectivity index (χ0) is 38.5. The molecule has 1 saturated heterocycles. The van der Waals surface area contributed by atoms with E-state index < -0.39 is 46.8 Å². The topological polar surface area (TPSA) is 79.3 Å². The highest BCUT2D eigenvalue weighted by Gasteiger charge is 2.73. The van der Waals surface area contributed by atoms with Gasteiger partial charge in [-0.3, -0.25) is 14.5 Å². The molecule has 10 heteroatoms. The van der Waals surface area contributed by atoms with Gasteiger partial charge in [0.15, 0.2) is 11.5 Å². The molecule has 4 aliphatic rings. The largest absolute Gasteiger partial charge is 0.483 e. The van der Waals surface area contributed by atoms with Crippen LogP contribution in [0.1, 0.15) is 65.5 Å². The number of ether oxygens (including phenoxy) is 2. The summed E-state index contributed by atoms with van der Waals surface area (Å²) in [4.78, 5) is 31.2. The van der Waals surface area contributed by atoms with Crippen molar-refractivity contribution < 1.29 is 37.3 Å². The Balaban J connectivity index is 1.26. The zero-order valence-corrected chi connectivity index (χ0v) is 30.5. The van der Waals surface area contributed by atoms with Crippen molar-refractivity contribution in [3.05, 3.63) is 149 Å². The molecule has 8 rings (SSSR count). The lowest BCUT2D eigenvalue weighted by Crippen LogP contribution is -2.78. The third kappa shape index (κ3) is 6.25. The van der Waals surface area contributed by atoms with Crippen molar-refractivity contribution in [1.29, 1.82) is 0 Å². The fourth-order valence-electron chi connectivity index (χ4n) is 9.97. The van der Waals surface area contributed by atoms with E-state index in [4.69, 9.17) is 9.47 Å². The molecule has 2 bridgehead atoms. The summed E-state index contributed by atoms with van der Waals surface area (Å²) in [7, 11) is 0. The second-order valence-electron chi connectivity index (χ2n) is 15.1. The summed E-state index contributed by atoms with van der Waals surface area (Å²) >= 11 is 0. The average molecular weight is 749 g/mol. The molecule has 4 aromatic carbocycles. The number of hydrogen-bond donors (Lipinski definition) is 1. The number of aliphatic hydroxyl groups is 1. The first-order valence-electron chi connectivity index (χ1n) is 18.8. The predicted octanol–water partition coefficient (Wildman–Crippen LogP) is 7.71. The highest BCUT2D eigenvalue weighted by Crippen LogP contribution is 2.66. The van der Waals surface area contributed by atoms with Gasteiger partial charge in [0.05, 0.1) is 22.6 Å². The summed E-state index contributed by atoms with van der Waals surface area (Å²) in [5, 5.41) is 13.1. The second-order valence-corrected chi connectivity index (χ2v) is 15.1. The third-order valence-corrected chi connectivity index (χ3v) is 12.2. The normalized spacial score (nSPS) is 25.3. The standard InChI is InChI=1S/C45H43F3N2O5/c1-3-24-49-25-23-43-40-33-18-19-37(54-29(2)51)41(40)55-42(43)36(21-22-44(43,53)38(49)27-33)50(39(52)20-17-30-11-10-16-34(26-30)45(46,47)48)28-35(31-12-6-4-7-13-31)32-14-8-5-9-15-32/h3-20,26,35-36,38,42,53H,1,21-25,27-28H2,2H3/t36?,38-,42+,43+,44-/m1/s1. The molecule has 2 aliphatic carbocycles. The molecule has 5 atom stereocenters. The molecule has 2 heterocycles. The minimum Gasteiger partial charge on any atom is -0.483 e. The van der Waals surface area contributed by atoms with E-state index in [1.807, 2.05) is 72.8 Å². The van der Waals surface area contributed by atoms with Crippen molar-refractivity contribution in [3.63, 3.8) is 0 Å². The van der Waals surface area contributed by atoms with E-state index in [9.17, 15) is 27.9 Å². The van der Waals surface area contributed by atoms with Crippen molar-refractivity contribution in [3.8, 4) is 11.5 Å². The molecule has 4 aromatic rings. The summed E-state index contributed by atoms with van der Waals surface area (Å²) in [5.41, 5.74) is 1.10. The van der Waals surface area contributed by atoms with Crippen LogP contribution in [0, 0.1) is 0 Å². The van der Waals surface area contributed by atoms with Gasteiger partial charge in [-0.25, -0.2) is 0 Å². The van der Waals surface area contributed by atoms with E-state index in [0.29, 0.717) is 44.5 Å². The van der Waals surface area contributed by atoms with Crippen LogP contribution in [-0.2, 0) is 27.6 Å². The van der Waals surface area contributed by atoms with Crippen molar-refractivity contribution in [2.75, 3.05) is 19.6 Å². The van der Waals surface area contributed by atoms with Gasteiger partial charge in [0.2, 0.25) is 5.91 Å². The minimum atomic E-state index is -4.53. The number of nitrogens with zero attached hydrogens (tertiary/aromatic N) is 2. The highest BCUT2D eigenvalue weighted by molar-refractivity contribution is 5.92. The van der Waals surface area contributed by atoms with Crippen LogP contribution in [0.25, 0.3) is 6.08 Å². The Labute approximate surface area is 318 Å². The SMILES string of the molecule is C=CCN1CC[C@]23c4c5ccc(OC(C)=O)c4O[C@H]2C(N(CC(c2ccccc2)c2ccccc2)C(=O)C=Cc2cccc(C(F)(F)F)c2)CC[C@@]3(O)[C@H]1C5. The van der Waals surface area contributed by atoms with E-state index in [2.05, 4.69) is 11.5 Å². The number of amides is 1. The lowest BCUT2D eigenvalue weighted by atomic mass is 9.48. The maximum absolute atomic E-state index is 14.8. The van der Waals surface area contributed by atoms with Crippen molar-refractivity contribution in [2.45, 2.75) is 73.9 Å². The molecule has 2 aliphatic heterocycles. The van der Waals surface area contributed by atoms with E-state index in [1.165, 1.54) is 31.2 Å². The van der Waals surface area contributed by atoms with Gasteiger partial charge >= 0.3 is 12.1 Å². The molecule has 1 unspecified atom stereocenters. The van der Waals surface area contributed by atoms with Crippen LogP contribution in [0.3, 0.4) is 0 Å². The number of carbonyl (C=O) groups excluding carboxylic acids is 2. The van der Waals surface area contributed by atoms with Gasteiger partial charge in [-0.1, -0.05) is 84.9 Å². The summed E-state index contributed by atoms with van der Waals surface area (Å²) in [5.74, 6) is -0.461. The van der Waals surface area contributed by atoms with Crippen LogP contribution in [0.4, 0.5) is 13.2 Å². The Kier molecular flexibility index (Phi) is 9.46. The Morgan fingerprint density at radius 3 is 2.38 bits per heavy atom. The molecule has 55 heavy (non-hydrogen) atoms. The van der Waals surface area contributed by atoms with Crippen molar-refractivity contribution in [2.24, 2.45) is 0 Å². The van der Waals surface area contributed by atoms with Crippen molar-refractivity contribution in [1.82, 2.24) is 9.80 Å². The first-order valence-corrected chi connectivity index (χ1v) is 18.8. The smallest absolute Gasteiger partial charge is 0.416 e. The summed E-state index contributed by atoms with van der Waals surface area (Å²) in [6.07, 6.45) is 1.23. The average Bonchev–Trinajstić information content (AvgIpc) is 3.53. The summed E-state index contributed by atoms with van der Waals surface area (Å²) in [6.45, 7) is 6.80. The molecular formula is C45H43F3N2O5. The van der Waals surface area contributed by atoms with Gasteiger partial charge in [-0.05, 0) is 78.8 Å². The van der Waals surface area contributed by atoms with Crippen LogP contribution >= 0.6 is 0 Å². The van der Waals surface area contributed by atoms with Gasteiger partial charge < -0.3 is 19.5 Å². The summed E-state index contributed by atoms with van der Waals surface area (Å²) < 4.78 is 53.6. The zero-order valence-electron chi connectivity index (χ0n) is 30.5. The lowest BCUT2D eigenvalue weighted by Gasteiger charge is -2.64. The molecule has 1 saturated carbocycles. The Bertz CT molecular complexity index is 2100. The number of alkyl halides is 3. The molecule has 1 amide bonds. The number of likely N-dealkylation sites (tertiary alicyclic amines) is 1. The quantitative estimate of drug-likeness (QED) is 0.0775. The number of piperidine rings is 1. The fourth-order valence-corrected chi connectivity index (χ4v) is 9.97. The molecule has 0 aromatic heterocycles. The van der Waals surface area contributed by atoms with Crippen LogP contribution in [0.15, 0.2) is 116 Å². The van der Waals surface area contributed by atoms with Crippen LogP contribution in [0.2, 0.25) is 0 Å². The Morgan fingerprint density at radius 1 is 1.02 bits per heavy atom. The number of hydrogen-bond acceptors (Lipinski definition) is 6. The van der Waals surface area contributed by atoms with E-state index in [-0.39, 0.29) is 29.8 Å². The monoisotopic (exact) mass is 748 g/mol. The van der Waals surface area contributed by atoms with E-state index in [0.717, 1.165) is 34.4 Å². The van der Waals surface area contributed by atoms with Crippen molar-refractivity contribution >= 4 is 18.0 Å². The maximum atomic E-state index is 14.8. The van der Waals surface area contributed by atoms with Gasteiger partial charge in [-0.2, -0.15) is 13.2 Å². The molecule has 1 N–H and O–H groups in total.